The smallest absolute Gasteiger partial charge is 0.265 e. The van der Waals surface area contributed by atoms with E-state index in [9.17, 15) is 14.4 Å². The van der Waals surface area contributed by atoms with Crippen LogP contribution in [0.25, 0.3) is 6.08 Å². The van der Waals surface area contributed by atoms with Crippen LogP contribution in [0.5, 0.6) is 0 Å². The molecule has 0 heterocycles. The van der Waals surface area contributed by atoms with E-state index in [4.69, 9.17) is 0 Å². The summed E-state index contributed by atoms with van der Waals surface area (Å²) in [6, 6.07) is 9.44. The lowest BCUT2D eigenvalue weighted by Crippen LogP contribution is -2.57. The van der Waals surface area contributed by atoms with Gasteiger partial charge in [0.15, 0.2) is 0 Å². The largest absolute Gasteiger partial charge is 0.289 e. The lowest BCUT2D eigenvalue weighted by atomic mass is 9.49. The van der Waals surface area contributed by atoms with Gasteiger partial charge in [-0.2, -0.15) is 0 Å². The molecular formula is C22H25N2O3. The monoisotopic (exact) mass is 365 g/mol. The molecule has 5 nitrogen and oxygen atoms in total. The third-order valence-corrected chi connectivity index (χ3v) is 6.46. The predicted molar refractivity (Wildman–Crippen MR) is 102 cm³/mol. The van der Waals surface area contributed by atoms with Crippen LogP contribution in [-0.4, -0.2) is 29.7 Å². The summed E-state index contributed by atoms with van der Waals surface area (Å²) in [5.74, 6) is 1.41. The van der Waals surface area contributed by atoms with Gasteiger partial charge in [0.1, 0.15) is 6.54 Å². The summed E-state index contributed by atoms with van der Waals surface area (Å²) in [5, 5.41) is 1.09. The van der Waals surface area contributed by atoms with Crippen molar-refractivity contribution in [1.29, 1.82) is 0 Å². The third kappa shape index (κ3) is 3.68. The van der Waals surface area contributed by atoms with Gasteiger partial charge in [-0.05, 0) is 67.9 Å². The molecular weight excluding hydrogens is 340 g/mol. The number of rotatable bonds is 5. The summed E-state index contributed by atoms with van der Waals surface area (Å²) in [7, 11) is 0. The number of carbonyl (C=O) groups excluding carboxylic acids is 3. The van der Waals surface area contributed by atoms with Gasteiger partial charge in [0.2, 0.25) is 12.2 Å². The fourth-order valence-electron chi connectivity index (χ4n) is 5.69. The molecule has 0 aromatic heterocycles. The first-order valence-electron chi connectivity index (χ1n) is 9.79. The van der Waals surface area contributed by atoms with E-state index < -0.39 is 5.91 Å². The van der Waals surface area contributed by atoms with E-state index in [0.29, 0.717) is 17.8 Å². The number of hydrazine groups is 1. The maximum absolute atomic E-state index is 13.1. The zero-order valence-corrected chi connectivity index (χ0v) is 15.4. The van der Waals surface area contributed by atoms with Gasteiger partial charge in [0, 0.05) is 6.08 Å². The van der Waals surface area contributed by atoms with Crippen molar-refractivity contribution in [3.63, 3.8) is 0 Å². The summed E-state index contributed by atoms with van der Waals surface area (Å²) >= 11 is 0. The van der Waals surface area contributed by atoms with E-state index in [1.807, 2.05) is 30.3 Å². The lowest BCUT2D eigenvalue weighted by Gasteiger charge is -2.55. The highest BCUT2D eigenvalue weighted by Gasteiger charge is 2.54. The highest BCUT2D eigenvalue weighted by Crippen LogP contribution is 2.60. The molecule has 5 heteroatoms. The van der Waals surface area contributed by atoms with Crippen LogP contribution >= 0.6 is 0 Å². The molecule has 0 aliphatic heterocycles. The number of benzene rings is 1. The number of nitrogens with one attached hydrogen (secondary N) is 1. The van der Waals surface area contributed by atoms with Gasteiger partial charge >= 0.3 is 0 Å². The molecule has 0 atom stereocenters. The summed E-state index contributed by atoms with van der Waals surface area (Å²) in [6.07, 6.45) is 11.3. The van der Waals surface area contributed by atoms with Gasteiger partial charge in [-0.1, -0.05) is 30.3 Å². The minimum atomic E-state index is -0.416. The Morgan fingerprint density at radius 3 is 2.22 bits per heavy atom. The van der Waals surface area contributed by atoms with Crippen LogP contribution in [-0.2, 0) is 14.4 Å². The quantitative estimate of drug-likeness (QED) is 0.644. The average Bonchev–Trinajstić information content (AvgIpc) is 2.65. The molecule has 0 unspecified atom stereocenters. The molecule has 2 amide bonds. The van der Waals surface area contributed by atoms with Crippen molar-refractivity contribution in [3.05, 3.63) is 42.0 Å². The van der Waals surface area contributed by atoms with Crippen LogP contribution in [0.15, 0.2) is 36.4 Å². The van der Waals surface area contributed by atoms with Crippen molar-refractivity contribution in [2.45, 2.75) is 38.5 Å². The minimum absolute atomic E-state index is 0.0988. The van der Waals surface area contributed by atoms with Gasteiger partial charge in [-0.3, -0.25) is 19.8 Å². The maximum Gasteiger partial charge on any atom is 0.265 e. The summed E-state index contributed by atoms with van der Waals surface area (Å²) < 4.78 is 0. The fraction of sp³-hybridized carbons (Fsp3) is 0.500. The van der Waals surface area contributed by atoms with Crippen LogP contribution in [0, 0.1) is 23.2 Å². The molecule has 1 N–H and O–H groups in total. The zero-order chi connectivity index (χ0) is 18.9. The Balaban J connectivity index is 1.45. The van der Waals surface area contributed by atoms with Crippen molar-refractivity contribution in [2.24, 2.45) is 23.2 Å². The maximum atomic E-state index is 13.1. The second-order valence-electron chi connectivity index (χ2n) is 8.45. The van der Waals surface area contributed by atoms with E-state index in [1.165, 1.54) is 25.3 Å². The zero-order valence-electron chi connectivity index (χ0n) is 15.4. The third-order valence-electron chi connectivity index (χ3n) is 6.46. The Morgan fingerprint density at radius 2 is 1.67 bits per heavy atom. The van der Waals surface area contributed by atoms with Crippen LogP contribution in [0.1, 0.15) is 44.1 Å². The normalized spacial score (nSPS) is 31.0. The van der Waals surface area contributed by atoms with Gasteiger partial charge in [-0.15, -0.1) is 0 Å². The molecule has 1 aromatic rings. The molecule has 1 radical (unpaired) electrons. The molecule has 5 rings (SSSR count). The highest BCUT2D eigenvalue weighted by molar-refractivity contribution is 5.95. The number of hydrogen-bond acceptors (Lipinski definition) is 3. The van der Waals surface area contributed by atoms with Crippen LogP contribution in [0.4, 0.5) is 0 Å². The molecule has 141 valence electrons. The molecule has 0 saturated heterocycles. The summed E-state index contributed by atoms with van der Waals surface area (Å²) in [4.78, 5) is 36.5. The fourth-order valence-corrected chi connectivity index (χ4v) is 5.69. The van der Waals surface area contributed by atoms with E-state index >= 15 is 0 Å². The van der Waals surface area contributed by atoms with Gasteiger partial charge in [0.05, 0.1) is 5.41 Å². The second kappa shape index (κ2) is 7.29. The molecule has 4 saturated carbocycles. The predicted octanol–water partition coefficient (Wildman–Crippen LogP) is 2.89. The van der Waals surface area contributed by atoms with Crippen LogP contribution in [0.2, 0.25) is 0 Å². The highest BCUT2D eigenvalue weighted by atomic mass is 16.2. The molecule has 4 fully saturated rings. The summed E-state index contributed by atoms with van der Waals surface area (Å²) in [6.45, 7) is -0.268. The Morgan fingerprint density at radius 1 is 1.07 bits per heavy atom. The molecule has 1 aromatic carbocycles. The average molecular weight is 365 g/mol. The van der Waals surface area contributed by atoms with Crippen molar-refractivity contribution in [1.82, 2.24) is 10.4 Å². The standard InChI is InChI=1S/C22H25N2O3/c25-9-8-24(20(26)7-6-16-4-2-1-3-5-16)23-21(27)22-13-17-10-18(14-22)12-19(11-17)15-22/h1-7,17-19H,8,10-15H2,(H,23,27)/b7-6+. The Bertz CT molecular complexity index is 721. The van der Waals surface area contributed by atoms with Crippen molar-refractivity contribution in [3.8, 4) is 0 Å². The first-order valence-corrected chi connectivity index (χ1v) is 9.79. The lowest BCUT2D eigenvalue weighted by molar-refractivity contribution is -0.154. The number of amides is 2. The topological polar surface area (TPSA) is 66.5 Å². The Labute approximate surface area is 159 Å². The van der Waals surface area contributed by atoms with E-state index in [1.54, 1.807) is 12.4 Å². The molecule has 4 bridgehead atoms. The first kappa shape index (κ1) is 18.0. The van der Waals surface area contributed by atoms with Crippen molar-refractivity contribution in [2.75, 3.05) is 6.54 Å². The second-order valence-corrected chi connectivity index (χ2v) is 8.45. The number of carbonyl (C=O) groups is 2. The van der Waals surface area contributed by atoms with E-state index in [-0.39, 0.29) is 17.9 Å². The van der Waals surface area contributed by atoms with Gasteiger partial charge in [-0.25, -0.2) is 5.01 Å². The summed E-state index contributed by atoms with van der Waals surface area (Å²) in [5.41, 5.74) is 3.26. The number of nitrogens with zero attached hydrogens (tertiary/aromatic N) is 1. The van der Waals surface area contributed by atoms with Gasteiger partial charge < -0.3 is 0 Å². The van der Waals surface area contributed by atoms with Crippen LogP contribution < -0.4 is 5.43 Å². The minimum Gasteiger partial charge on any atom is -0.289 e. The molecule has 0 spiro atoms. The van der Waals surface area contributed by atoms with Crippen molar-refractivity contribution < 1.29 is 14.4 Å². The first-order chi connectivity index (χ1) is 13.1. The molecule has 27 heavy (non-hydrogen) atoms. The SMILES string of the molecule is O=[C]CN(NC(=O)C12CC3CC(CC(C3)C1)C2)C(=O)/C=C/c1ccccc1. The Kier molecular flexibility index (Phi) is 4.85. The Hall–Kier alpha value is -2.43. The number of hydrogen-bond donors (Lipinski definition) is 1. The van der Waals surface area contributed by atoms with E-state index in [2.05, 4.69) is 5.43 Å². The van der Waals surface area contributed by atoms with Crippen molar-refractivity contribution >= 4 is 24.2 Å². The van der Waals surface area contributed by atoms with Gasteiger partial charge in [0.25, 0.3) is 5.91 Å². The van der Waals surface area contributed by atoms with E-state index in [0.717, 1.165) is 29.8 Å². The molecule has 4 aliphatic rings. The van der Waals surface area contributed by atoms with Crippen LogP contribution in [0.3, 0.4) is 0 Å². The molecule has 4 aliphatic carbocycles.